The maximum atomic E-state index is 13.5. The number of hydrogen-bond acceptors (Lipinski definition) is 6. The molecular formula is C32H22Br2ClN3O6. The molecular weight excluding hydrogens is 718 g/mol. The van der Waals surface area contributed by atoms with Gasteiger partial charge in [-0.25, -0.2) is 9.69 Å². The van der Waals surface area contributed by atoms with E-state index >= 15 is 0 Å². The molecule has 1 aliphatic rings. The number of benzene rings is 4. The van der Waals surface area contributed by atoms with Crippen molar-refractivity contribution < 1.29 is 28.7 Å². The monoisotopic (exact) mass is 737 g/mol. The number of carbonyl (C=O) groups is 4. The van der Waals surface area contributed by atoms with E-state index in [4.69, 9.17) is 21.1 Å². The lowest BCUT2D eigenvalue weighted by atomic mass is 10.1. The Labute approximate surface area is 274 Å². The summed E-state index contributed by atoms with van der Waals surface area (Å²) in [7, 11) is 0. The van der Waals surface area contributed by atoms with E-state index < -0.39 is 23.8 Å². The SMILES string of the molecule is O=C(COc1c(Br)cc(Br)cc1/C=C1/C(=O)NC(=O)N(c2ccc(OCc3ccccc3)cc2)C1=O)Nc1ccc(Cl)cc1. The minimum absolute atomic E-state index is 0.205. The molecule has 0 saturated carbocycles. The van der Waals surface area contributed by atoms with E-state index in [1.807, 2.05) is 30.3 Å². The molecule has 1 saturated heterocycles. The molecule has 0 aromatic heterocycles. The number of nitrogens with zero attached hydrogens (tertiary/aromatic N) is 1. The number of barbiturate groups is 1. The summed E-state index contributed by atoms with van der Waals surface area (Å²) in [6.45, 7) is -0.0252. The highest BCUT2D eigenvalue weighted by Gasteiger charge is 2.37. The van der Waals surface area contributed by atoms with Crippen molar-refractivity contribution in [3.8, 4) is 11.5 Å². The summed E-state index contributed by atoms with van der Waals surface area (Å²) in [5.41, 5.74) is 1.76. The molecule has 0 bridgehead atoms. The molecule has 9 nitrogen and oxygen atoms in total. The van der Waals surface area contributed by atoms with Gasteiger partial charge in [0, 0.05) is 20.7 Å². The first kappa shape index (κ1) is 31.0. The van der Waals surface area contributed by atoms with Gasteiger partial charge < -0.3 is 14.8 Å². The predicted molar refractivity (Wildman–Crippen MR) is 174 cm³/mol. The lowest BCUT2D eigenvalue weighted by Gasteiger charge is -2.26. The summed E-state index contributed by atoms with van der Waals surface area (Å²) in [6, 6.07) is 25.0. The number of ether oxygens (including phenoxy) is 2. The predicted octanol–water partition coefficient (Wildman–Crippen LogP) is 7.13. The van der Waals surface area contributed by atoms with Gasteiger partial charge in [-0.05, 0) is 88.2 Å². The Morgan fingerprint density at radius 2 is 1.61 bits per heavy atom. The van der Waals surface area contributed by atoms with Gasteiger partial charge in [0.2, 0.25) is 0 Å². The number of amides is 5. The molecule has 5 rings (SSSR count). The molecule has 0 radical (unpaired) electrons. The second-order valence-corrected chi connectivity index (χ2v) is 11.6. The highest BCUT2D eigenvalue weighted by Crippen LogP contribution is 2.35. The zero-order chi connectivity index (χ0) is 31.2. The summed E-state index contributed by atoms with van der Waals surface area (Å²) >= 11 is 12.7. The molecule has 4 aromatic rings. The van der Waals surface area contributed by atoms with E-state index in [1.165, 1.54) is 6.08 Å². The van der Waals surface area contributed by atoms with Gasteiger partial charge in [0.25, 0.3) is 17.7 Å². The average molecular weight is 740 g/mol. The van der Waals surface area contributed by atoms with Gasteiger partial charge in [0.15, 0.2) is 6.61 Å². The molecule has 4 aromatic carbocycles. The van der Waals surface area contributed by atoms with E-state index in [0.29, 0.717) is 37.6 Å². The van der Waals surface area contributed by atoms with Gasteiger partial charge in [-0.3, -0.25) is 19.7 Å². The van der Waals surface area contributed by atoms with E-state index in [0.717, 1.165) is 10.5 Å². The highest BCUT2D eigenvalue weighted by molar-refractivity contribution is 9.11. The van der Waals surface area contributed by atoms with Crippen LogP contribution < -0.4 is 25.0 Å². The Kier molecular flexibility index (Phi) is 9.78. The Morgan fingerprint density at radius 3 is 2.32 bits per heavy atom. The molecule has 2 N–H and O–H groups in total. The number of nitrogens with one attached hydrogen (secondary N) is 2. The third-order valence-corrected chi connectivity index (χ3v) is 7.56. The fourth-order valence-electron chi connectivity index (χ4n) is 4.19. The minimum Gasteiger partial charge on any atom is -0.489 e. The van der Waals surface area contributed by atoms with Gasteiger partial charge in [-0.2, -0.15) is 0 Å². The van der Waals surface area contributed by atoms with Crippen molar-refractivity contribution in [2.45, 2.75) is 6.61 Å². The Morgan fingerprint density at radius 1 is 0.909 bits per heavy atom. The lowest BCUT2D eigenvalue weighted by Crippen LogP contribution is -2.54. The first-order valence-corrected chi connectivity index (χ1v) is 15.0. The largest absolute Gasteiger partial charge is 0.489 e. The van der Waals surface area contributed by atoms with Crippen LogP contribution in [-0.4, -0.2) is 30.4 Å². The van der Waals surface area contributed by atoms with Crippen LogP contribution in [0, 0.1) is 0 Å². The summed E-state index contributed by atoms with van der Waals surface area (Å²) in [5, 5.41) is 5.44. The standard InChI is InChI=1S/C32H22Br2ClN3O6/c33-21-14-20(29(27(34)16-21)44-18-28(39)36-23-8-6-22(35)7-9-23)15-26-30(40)37-32(42)38(31(26)41)24-10-12-25(13-11-24)43-17-19-4-2-1-3-5-19/h1-16H,17-18H2,(H,36,39)(H,37,40,42)/b26-15-. The van der Waals surface area contributed by atoms with E-state index in [-0.39, 0.29) is 23.6 Å². The average Bonchev–Trinajstić information content (AvgIpc) is 3.00. The third-order valence-electron chi connectivity index (χ3n) is 6.26. The molecule has 1 heterocycles. The van der Waals surface area contributed by atoms with E-state index in [2.05, 4.69) is 42.5 Å². The van der Waals surface area contributed by atoms with Crippen LogP contribution in [0.15, 0.2) is 106 Å². The first-order valence-electron chi connectivity index (χ1n) is 13.0. The normalized spacial score (nSPS) is 13.9. The maximum absolute atomic E-state index is 13.5. The van der Waals surface area contributed by atoms with Crippen LogP contribution >= 0.6 is 43.5 Å². The van der Waals surface area contributed by atoms with Crippen molar-refractivity contribution in [3.05, 3.63) is 122 Å². The van der Waals surface area contributed by atoms with Crippen LogP contribution in [0.5, 0.6) is 11.5 Å². The van der Waals surface area contributed by atoms with Crippen LogP contribution in [0.3, 0.4) is 0 Å². The van der Waals surface area contributed by atoms with Gasteiger partial charge >= 0.3 is 6.03 Å². The molecule has 222 valence electrons. The number of rotatable bonds is 9. The van der Waals surface area contributed by atoms with Gasteiger partial charge in [-0.15, -0.1) is 0 Å². The fourth-order valence-corrected chi connectivity index (χ4v) is 5.69. The van der Waals surface area contributed by atoms with Crippen molar-refractivity contribution in [3.63, 3.8) is 0 Å². The molecule has 1 aliphatic heterocycles. The Bertz CT molecular complexity index is 1760. The quantitative estimate of drug-likeness (QED) is 0.140. The van der Waals surface area contributed by atoms with Crippen molar-refractivity contribution in [2.75, 3.05) is 16.8 Å². The molecule has 12 heteroatoms. The molecule has 0 unspecified atom stereocenters. The second-order valence-electron chi connectivity index (χ2n) is 9.38. The molecule has 5 amide bonds. The zero-order valence-electron chi connectivity index (χ0n) is 22.7. The van der Waals surface area contributed by atoms with Crippen molar-refractivity contribution in [1.29, 1.82) is 0 Å². The number of urea groups is 1. The number of halogens is 3. The minimum atomic E-state index is -0.888. The third kappa shape index (κ3) is 7.54. The number of imide groups is 2. The van der Waals surface area contributed by atoms with Crippen LogP contribution in [0.25, 0.3) is 6.08 Å². The van der Waals surface area contributed by atoms with Crippen molar-refractivity contribution >= 4 is 84.7 Å². The number of hydrogen-bond donors (Lipinski definition) is 2. The smallest absolute Gasteiger partial charge is 0.335 e. The van der Waals surface area contributed by atoms with Crippen LogP contribution in [0.1, 0.15) is 11.1 Å². The maximum Gasteiger partial charge on any atom is 0.335 e. The Hall–Kier alpha value is -4.45. The van der Waals surface area contributed by atoms with Gasteiger partial charge in [0.1, 0.15) is 23.7 Å². The molecule has 0 spiro atoms. The number of anilines is 2. The topological polar surface area (TPSA) is 114 Å². The zero-order valence-corrected chi connectivity index (χ0v) is 26.6. The summed E-state index contributed by atoms with van der Waals surface area (Å²) in [4.78, 5) is 52.5. The lowest BCUT2D eigenvalue weighted by molar-refractivity contribution is -0.122. The van der Waals surface area contributed by atoms with Crippen molar-refractivity contribution in [1.82, 2.24) is 5.32 Å². The van der Waals surface area contributed by atoms with E-state index in [1.54, 1.807) is 60.7 Å². The summed E-state index contributed by atoms with van der Waals surface area (Å²) in [5.74, 6) is -1.41. The Balaban J connectivity index is 1.35. The van der Waals surface area contributed by atoms with Gasteiger partial charge in [0.05, 0.1) is 10.2 Å². The summed E-state index contributed by atoms with van der Waals surface area (Å²) < 4.78 is 12.7. The molecule has 0 aliphatic carbocycles. The van der Waals surface area contributed by atoms with Crippen LogP contribution in [0.2, 0.25) is 5.02 Å². The van der Waals surface area contributed by atoms with Crippen molar-refractivity contribution in [2.24, 2.45) is 0 Å². The van der Waals surface area contributed by atoms with E-state index in [9.17, 15) is 19.2 Å². The first-order chi connectivity index (χ1) is 21.2. The molecule has 0 atom stereocenters. The van der Waals surface area contributed by atoms with Crippen LogP contribution in [-0.2, 0) is 21.0 Å². The highest BCUT2D eigenvalue weighted by atomic mass is 79.9. The fraction of sp³-hybridized carbons (Fsp3) is 0.0625. The molecule has 1 fully saturated rings. The van der Waals surface area contributed by atoms with Crippen LogP contribution in [0.4, 0.5) is 16.2 Å². The number of carbonyl (C=O) groups excluding carboxylic acids is 4. The van der Waals surface area contributed by atoms with Gasteiger partial charge in [-0.1, -0.05) is 57.9 Å². The summed E-state index contributed by atoms with van der Waals surface area (Å²) in [6.07, 6.45) is 1.30. The second kappa shape index (κ2) is 13.9. The molecule has 44 heavy (non-hydrogen) atoms.